The summed E-state index contributed by atoms with van der Waals surface area (Å²) in [6, 6.07) is 9.43. The van der Waals surface area contributed by atoms with Crippen molar-refractivity contribution in [2.45, 2.75) is 12.3 Å². The van der Waals surface area contributed by atoms with Crippen LogP contribution in [0.1, 0.15) is 17.9 Å². The number of amides is 1. The lowest BCUT2D eigenvalue weighted by molar-refractivity contribution is -0.133. The van der Waals surface area contributed by atoms with Gasteiger partial charge in [0.2, 0.25) is 5.88 Å². The van der Waals surface area contributed by atoms with Crippen LogP contribution in [0.25, 0.3) is 0 Å². The summed E-state index contributed by atoms with van der Waals surface area (Å²) < 4.78 is 0. The van der Waals surface area contributed by atoms with Crippen LogP contribution in [-0.2, 0) is 9.63 Å². The van der Waals surface area contributed by atoms with E-state index >= 15 is 0 Å². The molecule has 0 spiro atoms. The van der Waals surface area contributed by atoms with Gasteiger partial charge in [-0.1, -0.05) is 30.3 Å². The molecule has 1 atom stereocenters. The van der Waals surface area contributed by atoms with Gasteiger partial charge >= 0.3 is 0 Å². The first kappa shape index (κ1) is 11.8. The van der Waals surface area contributed by atoms with E-state index in [0.717, 1.165) is 11.1 Å². The number of benzene rings is 1. The quantitative estimate of drug-likeness (QED) is 0.804. The maximum atomic E-state index is 11.9. The Hall–Kier alpha value is -1.68. The van der Waals surface area contributed by atoms with E-state index in [9.17, 15) is 4.79 Å². The van der Waals surface area contributed by atoms with Gasteiger partial charge < -0.3 is 10.6 Å². The Morgan fingerprint density at radius 2 is 2.06 bits per heavy atom. The third-order valence-corrected chi connectivity index (χ3v) is 2.87. The summed E-state index contributed by atoms with van der Waals surface area (Å²) in [6.07, 6.45) is 0.528. The van der Waals surface area contributed by atoms with E-state index in [-0.39, 0.29) is 11.8 Å². The first-order chi connectivity index (χ1) is 8.24. The monoisotopic (exact) mass is 252 g/mol. The van der Waals surface area contributed by atoms with Gasteiger partial charge in [-0.05, 0) is 12.0 Å². The second kappa shape index (κ2) is 5.10. The highest BCUT2D eigenvalue weighted by Crippen LogP contribution is 2.31. The van der Waals surface area contributed by atoms with Crippen LogP contribution in [0.15, 0.2) is 41.8 Å². The molecule has 90 valence electrons. The topological polar surface area (TPSA) is 64.4 Å². The van der Waals surface area contributed by atoms with Gasteiger partial charge in [-0.2, -0.15) is 5.48 Å². The van der Waals surface area contributed by atoms with Crippen LogP contribution >= 0.6 is 11.6 Å². The molecule has 1 amide bonds. The van der Waals surface area contributed by atoms with E-state index in [0.29, 0.717) is 12.3 Å². The molecule has 1 aliphatic rings. The molecule has 0 radical (unpaired) electrons. The number of nitrogens with one attached hydrogen (secondary N) is 1. The zero-order valence-corrected chi connectivity index (χ0v) is 9.91. The van der Waals surface area contributed by atoms with Gasteiger partial charge in [-0.15, -0.1) is 11.6 Å². The number of hydrogen-bond acceptors (Lipinski definition) is 3. The van der Waals surface area contributed by atoms with Gasteiger partial charge in [-0.25, -0.2) is 0 Å². The Bertz CT molecular complexity index is 445. The Morgan fingerprint density at radius 1 is 1.35 bits per heavy atom. The average molecular weight is 253 g/mol. The number of hydroxylamine groups is 1. The molecule has 3 N–H and O–H groups in total. The highest BCUT2D eigenvalue weighted by atomic mass is 35.5. The van der Waals surface area contributed by atoms with Crippen molar-refractivity contribution in [3.8, 4) is 0 Å². The van der Waals surface area contributed by atoms with Gasteiger partial charge in [0.1, 0.15) is 0 Å². The molecule has 0 aliphatic carbocycles. The van der Waals surface area contributed by atoms with Crippen LogP contribution < -0.4 is 11.2 Å². The average Bonchev–Trinajstić information content (AvgIpc) is 2.35. The molecule has 0 saturated carbocycles. The number of rotatable bonds is 3. The Kier molecular flexibility index (Phi) is 3.54. The van der Waals surface area contributed by atoms with Crippen LogP contribution in [0.5, 0.6) is 0 Å². The molecule has 0 bridgehead atoms. The number of carbonyl (C=O) groups excluding carboxylic acids is 1. The third kappa shape index (κ3) is 2.36. The van der Waals surface area contributed by atoms with E-state index in [1.165, 1.54) is 0 Å². The second-order valence-electron chi connectivity index (χ2n) is 3.74. The highest BCUT2D eigenvalue weighted by molar-refractivity contribution is 6.18. The van der Waals surface area contributed by atoms with Crippen LogP contribution in [0, 0.1) is 0 Å². The summed E-state index contributed by atoms with van der Waals surface area (Å²) in [5, 5.41) is 0. The zero-order chi connectivity index (χ0) is 12.3. The van der Waals surface area contributed by atoms with Gasteiger partial charge in [0.25, 0.3) is 5.91 Å². The molecule has 1 aliphatic heterocycles. The molecule has 17 heavy (non-hydrogen) atoms. The van der Waals surface area contributed by atoms with E-state index in [4.69, 9.17) is 22.2 Å². The normalized spacial score (nSPS) is 19.8. The van der Waals surface area contributed by atoms with Gasteiger partial charge in [0.15, 0.2) is 0 Å². The van der Waals surface area contributed by atoms with Crippen molar-refractivity contribution in [3.05, 3.63) is 47.4 Å². The smallest absolute Gasteiger partial charge is 0.264 e. The van der Waals surface area contributed by atoms with Gasteiger partial charge in [0, 0.05) is 11.5 Å². The Labute approximate surface area is 104 Å². The molecule has 2 rings (SSSR count). The van der Waals surface area contributed by atoms with E-state index in [1.54, 1.807) is 0 Å². The molecular weight excluding hydrogens is 240 g/mol. The molecule has 0 aromatic heterocycles. The summed E-state index contributed by atoms with van der Waals surface area (Å²) in [7, 11) is 0. The van der Waals surface area contributed by atoms with E-state index in [1.807, 2.05) is 30.3 Å². The minimum Gasteiger partial charge on any atom is -0.368 e. The third-order valence-electron chi connectivity index (χ3n) is 2.69. The fraction of sp³-hybridized carbons (Fsp3) is 0.250. The number of hydrogen-bond donors (Lipinski definition) is 2. The molecule has 1 unspecified atom stereocenters. The standard InChI is InChI=1S/C12H13ClN2O2/c13-7-6-9-10(8-4-2-1-3-5-8)12(16)15-17-11(9)14/h1-5,10H,6-7,14H2,(H,15,16). The van der Waals surface area contributed by atoms with E-state index in [2.05, 4.69) is 5.48 Å². The number of nitrogens with two attached hydrogens (primary N) is 1. The lowest BCUT2D eigenvalue weighted by atomic mass is 9.88. The number of carbonyl (C=O) groups is 1. The first-order valence-electron chi connectivity index (χ1n) is 5.30. The summed E-state index contributed by atoms with van der Waals surface area (Å²) in [4.78, 5) is 16.8. The Morgan fingerprint density at radius 3 is 2.71 bits per heavy atom. The number of halogens is 1. The maximum absolute atomic E-state index is 11.9. The predicted molar refractivity (Wildman–Crippen MR) is 65.0 cm³/mol. The Balaban J connectivity index is 2.41. The number of alkyl halides is 1. The van der Waals surface area contributed by atoms with Crippen molar-refractivity contribution in [1.29, 1.82) is 0 Å². The fourth-order valence-corrected chi connectivity index (χ4v) is 2.10. The predicted octanol–water partition coefficient (Wildman–Crippen LogP) is 1.63. The summed E-state index contributed by atoms with van der Waals surface area (Å²) >= 11 is 5.72. The van der Waals surface area contributed by atoms with E-state index < -0.39 is 5.92 Å². The molecule has 4 nitrogen and oxygen atoms in total. The minimum atomic E-state index is -0.413. The zero-order valence-electron chi connectivity index (χ0n) is 9.15. The van der Waals surface area contributed by atoms with Crippen LogP contribution in [0.2, 0.25) is 0 Å². The summed E-state index contributed by atoms with van der Waals surface area (Å²) in [5.41, 5.74) is 9.66. The van der Waals surface area contributed by atoms with Gasteiger partial charge in [-0.3, -0.25) is 4.79 Å². The lowest BCUT2D eigenvalue weighted by Gasteiger charge is -2.26. The van der Waals surface area contributed by atoms with Crippen molar-refractivity contribution in [2.24, 2.45) is 5.73 Å². The van der Waals surface area contributed by atoms with Crippen molar-refractivity contribution in [3.63, 3.8) is 0 Å². The van der Waals surface area contributed by atoms with Crippen LogP contribution in [0.4, 0.5) is 0 Å². The summed E-state index contributed by atoms with van der Waals surface area (Å²) in [6.45, 7) is 0. The van der Waals surface area contributed by atoms with Crippen molar-refractivity contribution < 1.29 is 9.63 Å². The van der Waals surface area contributed by atoms with Crippen LogP contribution in [-0.4, -0.2) is 11.8 Å². The molecule has 5 heteroatoms. The molecule has 1 aromatic carbocycles. The minimum absolute atomic E-state index is 0.217. The molecule has 0 fully saturated rings. The molecule has 0 saturated heterocycles. The second-order valence-corrected chi connectivity index (χ2v) is 4.12. The molecular formula is C12H13ClN2O2. The highest BCUT2D eigenvalue weighted by Gasteiger charge is 2.31. The largest absolute Gasteiger partial charge is 0.368 e. The van der Waals surface area contributed by atoms with Crippen molar-refractivity contribution >= 4 is 17.5 Å². The first-order valence-corrected chi connectivity index (χ1v) is 5.83. The maximum Gasteiger partial charge on any atom is 0.264 e. The van der Waals surface area contributed by atoms with Crippen LogP contribution in [0.3, 0.4) is 0 Å². The lowest BCUT2D eigenvalue weighted by Crippen LogP contribution is -2.38. The van der Waals surface area contributed by atoms with Crippen molar-refractivity contribution in [2.75, 3.05) is 5.88 Å². The fourth-order valence-electron chi connectivity index (χ4n) is 1.90. The molecule has 1 heterocycles. The summed E-state index contributed by atoms with van der Waals surface area (Å²) in [5.74, 6) is 0.00374. The van der Waals surface area contributed by atoms with Gasteiger partial charge in [0.05, 0.1) is 5.92 Å². The molecule has 1 aromatic rings. The van der Waals surface area contributed by atoms with Crippen molar-refractivity contribution in [1.82, 2.24) is 5.48 Å². The SMILES string of the molecule is NC1=C(CCCl)C(c2ccccc2)C(=O)NO1.